The summed E-state index contributed by atoms with van der Waals surface area (Å²) in [5, 5.41) is 0.199. The third-order valence-electron chi connectivity index (χ3n) is 3.11. The monoisotopic (exact) mass is 338 g/mol. The molecule has 2 aromatic rings. The molecule has 0 amide bonds. The first-order valence-electron chi connectivity index (χ1n) is 6.59. The molecule has 1 heterocycles. The van der Waals surface area contributed by atoms with Gasteiger partial charge in [-0.3, -0.25) is 0 Å². The van der Waals surface area contributed by atoms with Gasteiger partial charge in [0.25, 0.3) is 0 Å². The largest absolute Gasteiger partial charge is 0.496 e. The molecule has 0 bridgehead atoms. The van der Waals surface area contributed by atoms with Crippen molar-refractivity contribution in [3.05, 3.63) is 29.7 Å². The van der Waals surface area contributed by atoms with Crippen molar-refractivity contribution in [2.24, 2.45) is 0 Å². The number of hydrogen-bond acceptors (Lipinski definition) is 3. The molecule has 1 aromatic carbocycles. The van der Waals surface area contributed by atoms with Crippen LogP contribution in [-0.4, -0.2) is 23.3 Å². The minimum Gasteiger partial charge on any atom is -0.496 e. The third kappa shape index (κ3) is 4.23. The van der Waals surface area contributed by atoms with Crippen molar-refractivity contribution in [1.82, 2.24) is 9.97 Å². The number of rotatable bonds is 4. The van der Waals surface area contributed by atoms with Gasteiger partial charge in [-0.25, -0.2) is 9.97 Å². The number of ether oxygens (including phenoxy) is 1. The molecule has 23 heavy (non-hydrogen) atoms. The van der Waals surface area contributed by atoms with Crippen LogP contribution in [0.15, 0.2) is 18.2 Å². The molecule has 0 unspecified atom stereocenters. The van der Waals surface area contributed by atoms with E-state index in [1.54, 1.807) is 0 Å². The van der Waals surface area contributed by atoms with Crippen LogP contribution in [0.1, 0.15) is 24.4 Å². The van der Waals surface area contributed by atoms with Gasteiger partial charge in [0.15, 0.2) is 0 Å². The quantitative estimate of drug-likeness (QED) is 0.768. The predicted octanol–water partition coefficient (Wildman–Crippen LogP) is 4.54. The topological polar surface area (TPSA) is 35.0 Å². The van der Waals surface area contributed by atoms with E-state index >= 15 is 0 Å². The van der Waals surface area contributed by atoms with Crippen molar-refractivity contribution in [3.8, 4) is 5.75 Å². The number of nitrogens with zero attached hydrogens (tertiary/aromatic N) is 2. The maximum atomic E-state index is 12.9. The van der Waals surface area contributed by atoms with Gasteiger partial charge in [-0.1, -0.05) is 6.07 Å². The maximum Gasteiger partial charge on any atom is 0.451 e. The number of methoxy groups -OCH3 is 1. The summed E-state index contributed by atoms with van der Waals surface area (Å²) in [6.45, 7) is 0. The molecule has 2 rings (SSSR count). The fraction of sp³-hybridized carbons (Fsp3) is 0.429. The van der Waals surface area contributed by atoms with Crippen LogP contribution in [0.3, 0.4) is 0 Å². The lowest BCUT2D eigenvalue weighted by molar-refractivity contribution is -0.145. The lowest BCUT2D eigenvalue weighted by atomic mass is 10.1. The summed E-state index contributed by atoms with van der Waals surface area (Å²) in [4.78, 5) is 6.85. The Labute approximate surface area is 127 Å². The average Bonchev–Trinajstić information content (AvgIpc) is 2.43. The zero-order chi connectivity index (χ0) is 17.3. The summed E-state index contributed by atoms with van der Waals surface area (Å²) >= 11 is 0. The van der Waals surface area contributed by atoms with Crippen molar-refractivity contribution in [3.63, 3.8) is 0 Å². The van der Waals surface area contributed by atoms with Crippen LogP contribution in [0.4, 0.5) is 26.3 Å². The zero-order valence-corrected chi connectivity index (χ0v) is 11.9. The standard InChI is InChI=1S/C14H12F6N2O/c1-23-10-6-2-4-8-11(10)9(5-3-7-13(15,16)17)22-12(21-8)14(18,19)20/h2,4,6H,3,5,7H2,1H3. The lowest BCUT2D eigenvalue weighted by Gasteiger charge is -2.13. The maximum absolute atomic E-state index is 12.9. The summed E-state index contributed by atoms with van der Waals surface area (Å²) in [6.07, 6.45) is -10.9. The predicted molar refractivity (Wildman–Crippen MR) is 70.1 cm³/mol. The first-order valence-corrected chi connectivity index (χ1v) is 6.59. The molecule has 0 atom stereocenters. The van der Waals surface area contributed by atoms with E-state index in [4.69, 9.17) is 4.74 Å². The van der Waals surface area contributed by atoms with Crippen molar-refractivity contribution in [2.75, 3.05) is 7.11 Å². The van der Waals surface area contributed by atoms with Crippen LogP contribution in [0.5, 0.6) is 5.75 Å². The number of hydrogen-bond donors (Lipinski definition) is 0. The number of alkyl halides is 6. The van der Waals surface area contributed by atoms with Gasteiger partial charge < -0.3 is 4.74 Å². The van der Waals surface area contributed by atoms with Crippen LogP contribution in [-0.2, 0) is 12.6 Å². The summed E-state index contributed by atoms with van der Waals surface area (Å²) in [5.41, 5.74) is -0.127. The SMILES string of the molecule is COc1cccc2nc(C(F)(F)F)nc(CCCC(F)(F)F)c12. The number of benzene rings is 1. The number of aryl methyl sites for hydroxylation is 1. The first kappa shape index (κ1) is 17.3. The zero-order valence-electron chi connectivity index (χ0n) is 11.9. The molecular formula is C14H12F6N2O. The van der Waals surface area contributed by atoms with Gasteiger partial charge in [0, 0.05) is 6.42 Å². The Morgan fingerprint density at radius 1 is 1.04 bits per heavy atom. The number of aromatic nitrogens is 2. The van der Waals surface area contributed by atoms with Gasteiger partial charge in [-0.2, -0.15) is 26.3 Å². The highest BCUT2D eigenvalue weighted by molar-refractivity contribution is 5.87. The van der Waals surface area contributed by atoms with Crippen LogP contribution in [0.25, 0.3) is 10.9 Å². The Kier molecular flexibility index (Phi) is 4.67. The molecule has 1 aromatic heterocycles. The van der Waals surface area contributed by atoms with Crippen LogP contribution in [0, 0.1) is 0 Å². The normalized spacial score (nSPS) is 12.7. The molecule has 0 fully saturated rings. The second-order valence-corrected chi connectivity index (χ2v) is 4.81. The smallest absolute Gasteiger partial charge is 0.451 e. The highest BCUT2D eigenvalue weighted by Gasteiger charge is 2.36. The van der Waals surface area contributed by atoms with E-state index in [2.05, 4.69) is 9.97 Å². The molecule has 0 aliphatic carbocycles. The van der Waals surface area contributed by atoms with Gasteiger partial charge in [-0.15, -0.1) is 0 Å². The van der Waals surface area contributed by atoms with Gasteiger partial charge in [0.05, 0.1) is 23.7 Å². The van der Waals surface area contributed by atoms with Gasteiger partial charge in [0.1, 0.15) is 5.75 Å². The molecule has 0 saturated carbocycles. The molecule has 3 nitrogen and oxygen atoms in total. The molecule has 0 saturated heterocycles. The summed E-state index contributed by atoms with van der Waals surface area (Å²) in [7, 11) is 1.31. The fourth-order valence-electron chi connectivity index (χ4n) is 2.16. The van der Waals surface area contributed by atoms with Crippen LogP contribution >= 0.6 is 0 Å². The number of fused-ring (bicyclic) bond motifs is 1. The highest BCUT2D eigenvalue weighted by Crippen LogP contribution is 2.33. The molecular weight excluding hydrogens is 326 g/mol. The number of halogens is 6. The first-order chi connectivity index (χ1) is 10.6. The van der Waals surface area contributed by atoms with E-state index in [0.29, 0.717) is 0 Å². The second-order valence-electron chi connectivity index (χ2n) is 4.81. The third-order valence-corrected chi connectivity index (χ3v) is 3.11. The van der Waals surface area contributed by atoms with E-state index in [9.17, 15) is 26.3 Å². The summed E-state index contributed by atoms with van der Waals surface area (Å²) in [5.74, 6) is -1.15. The van der Waals surface area contributed by atoms with Crippen LogP contribution < -0.4 is 4.74 Å². The molecule has 0 aliphatic rings. The van der Waals surface area contributed by atoms with E-state index in [-0.39, 0.29) is 35.2 Å². The minimum atomic E-state index is -4.78. The lowest BCUT2D eigenvalue weighted by Crippen LogP contribution is -2.14. The molecule has 0 radical (unpaired) electrons. The minimum absolute atomic E-state index is 0.0197. The van der Waals surface area contributed by atoms with E-state index in [0.717, 1.165) is 0 Å². The Hall–Kier alpha value is -2.06. The van der Waals surface area contributed by atoms with Gasteiger partial charge in [-0.05, 0) is 25.0 Å². The Bertz CT molecular complexity index is 696. The van der Waals surface area contributed by atoms with E-state index in [1.165, 1.54) is 25.3 Å². The summed E-state index contributed by atoms with van der Waals surface area (Å²) < 4.78 is 80.4. The Morgan fingerprint density at radius 2 is 1.74 bits per heavy atom. The Morgan fingerprint density at radius 3 is 2.30 bits per heavy atom. The van der Waals surface area contributed by atoms with Crippen molar-refractivity contribution in [1.29, 1.82) is 0 Å². The average molecular weight is 338 g/mol. The Balaban J connectivity index is 2.49. The van der Waals surface area contributed by atoms with E-state index in [1.807, 2.05) is 0 Å². The van der Waals surface area contributed by atoms with Gasteiger partial charge >= 0.3 is 12.4 Å². The van der Waals surface area contributed by atoms with Gasteiger partial charge in [0.2, 0.25) is 5.82 Å². The fourth-order valence-corrected chi connectivity index (χ4v) is 2.16. The molecule has 0 spiro atoms. The molecule has 126 valence electrons. The molecule has 0 aliphatic heterocycles. The van der Waals surface area contributed by atoms with Crippen molar-refractivity contribution < 1.29 is 31.1 Å². The molecule has 9 heteroatoms. The van der Waals surface area contributed by atoms with Crippen LogP contribution in [0.2, 0.25) is 0 Å². The van der Waals surface area contributed by atoms with Crippen molar-refractivity contribution >= 4 is 10.9 Å². The highest BCUT2D eigenvalue weighted by atomic mass is 19.4. The molecule has 0 N–H and O–H groups in total. The van der Waals surface area contributed by atoms with Crippen molar-refractivity contribution in [2.45, 2.75) is 31.6 Å². The van der Waals surface area contributed by atoms with E-state index < -0.39 is 24.6 Å². The second kappa shape index (κ2) is 6.21. The summed E-state index contributed by atoms with van der Waals surface area (Å²) in [6, 6.07) is 4.28.